The normalized spacial score (nSPS) is 16.0. The van der Waals surface area contributed by atoms with E-state index in [1.165, 1.54) is 0 Å². The van der Waals surface area contributed by atoms with E-state index in [1.54, 1.807) is 4.90 Å². The zero-order valence-corrected chi connectivity index (χ0v) is 26.6. The summed E-state index contributed by atoms with van der Waals surface area (Å²) in [6.45, 7) is 1.43. The van der Waals surface area contributed by atoms with Crippen LogP contribution in [0.25, 0.3) is 11.1 Å². The lowest BCUT2D eigenvalue weighted by Gasteiger charge is -2.22. The first-order valence-corrected chi connectivity index (χ1v) is 16.5. The molecule has 1 atom stereocenters. The van der Waals surface area contributed by atoms with Crippen molar-refractivity contribution >= 4 is 29.6 Å². The number of aromatic nitrogens is 1. The van der Waals surface area contributed by atoms with Crippen LogP contribution in [0.5, 0.6) is 5.75 Å². The molecule has 2 aliphatic rings. The summed E-state index contributed by atoms with van der Waals surface area (Å²) in [4.78, 5) is 17.7. The number of carbonyl (C=O) groups is 1. The number of para-hydroxylation sites is 1. The molecule has 1 unspecified atom stereocenters. The van der Waals surface area contributed by atoms with Gasteiger partial charge in [0, 0.05) is 46.7 Å². The lowest BCUT2D eigenvalue weighted by atomic mass is 9.96. The Morgan fingerprint density at radius 3 is 2.45 bits per heavy atom. The topological polar surface area (TPSA) is 92.1 Å². The van der Waals surface area contributed by atoms with Gasteiger partial charge in [-0.05, 0) is 105 Å². The molecule has 0 bridgehead atoms. The van der Waals surface area contributed by atoms with Crippen LogP contribution < -0.4 is 4.74 Å². The molecule has 1 heterocycles. The van der Waals surface area contributed by atoms with Gasteiger partial charge in [0.1, 0.15) is 5.75 Å². The Morgan fingerprint density at radius 2 is 1.73 bits per heavy atom. The molecule has 44 heavy (non-hydrogen) atoms. The third-order valence-corrected chi connectivity index (χ3v) is 9.17. The second-order valence-corrected chi connectivity index (χ2v) is 12.8. The number of hydrogen-bond donors (Lipinski definition) is 2. The Hall–Kier alpha value is -2.68. The second-order valence-electron chi connectivity index (χ2n) is 12.0. The summed E-state index contributed by atoms with van der Waals surface area (Å²) in [5.74, 6) is 0.900. The maximum absolute atomic E-state index is 11.4. The average molecular weight is 642 g/mol. The number of nitrogens with zero attached hydrogens (tertiary/aromatic N) is 2. The quantitative estimate of drug-likeness (QED) is 0.107. The monoisotopic (exact) mass is 640 g/mol. The van der Waals surface area contributed by atoms with E-state index < -0.39 is 11.7 Å². The summed E-state index contributed by atoms with van der Waals surface area (Å²) >= 11 is 13.4. The molecule has 2 saturated carbocycles. The van der Waals surface area contributed by atoms with Gasteiger partial charge in [-0.2, -0.15) is 0 Å². The zero-order chi connectivity index (χ0) is 30.9. The van der Waals surface area contributed by atoms with E-state index in [9.17, 15) is 9.90 Å². The van der Waals surface area contributed by atoms with Crippen molar-refractivity contribution in [2.75, 3.05) is 19.7 Å². The minimum atomic E-state index is -0.682. The van der Waals surface area contributed by atoms with Gasteiger partial charge < -0.3 is 24.6 Å². The molecule has 0 spiro atoms. The van der Waals surface area contributed by atoms with Crippen LogP contribution >= 0.6 is 23.2 Å². The predicted molar refractivity (Wildman–Crippen MR) is 173 cm³/mol. The first-order valence-electron chi connectivity index (χ1n) is 15.7. The van der Waals surface area contributed by atoms with Gasteiger partial charge in [0.2, 0.25) is 6.41 Å². The van der Waals surface area contributed by atoms with Crippen LogP contribution in [-0.2, 0) is 28.2 Å². The molecule has 2 aromatic carbocycles. The summed E-state index contributed by atoms with van der Waals surface area (Å²) in [7, 11) is 0. The Bertz CT molecular complexity index is 1400. The molecule has 236 valence electrons. The van der Waals surface area contributed by atoms with Crippen LogP contribution in [0.1, 0.15) is 74.5 Å². The van der Waals surface area contributed by atoms with Crippen LogP contribution in [0.15, 0.2) is 54.9 Å². The highest BCUT2D eigenvalue weighted by atomic mass is 35.5. The van der Waals surface area contributed by atoms with Crippen molar-refractivity contribution in [2.24, 2.45) is 0 Å². The minimum absolute atomic E-state index is 0.225. The van der Waals surface area contributed by atoms with Crippen molar-refractivity contribution < 1.29 is 24.5 Å². The van der Waals surface area contributed by atoms with Gasteiger partial charge in [-0.1, -0.05) is 41.4 Å². The minimum Gasteiger partial charge on any atom is -0.490 e. The number of hydrogen-bond acceptors (Lipinski definition) is 6. The molecule has 1 aromatic heterocycles. The van der Waals surface area contributed by atoms with Gasteiger partial charge >= 0.3 is 0 Å². The number of aryl methyl sites for hydroxylation is 1. The van der Waals surface area contributed by atoms with Gasteiger partial charge in [-0.3, -0.25) is 9.78 Å². The second kappa shape index (κ2) is 15.5. The highest BCUT2D eigenvalue weighted by molar-refractivity contribution is 6.34. The molecular weight excluding hydrogens is 599 g/mol. The van der Waals surface area contributed by atoms with Crippen molar-refractivity contribution in [1.82, 2.24) is 9.88 Å². The van der Waals surface area contributed by atoms with E-state index in [0.29, 0.717) is 42.3 Å². The number of pyridine rings is 1. The van der Waals surface area contributed by atoms with Crippen LogP contribution in [0.3, 0.4) is 0 Å². The van der Waals surface area contributed by atoms with E-state index in [0.717, 1.165) is 97.8 Å². The Labute approximate surface area is 270 Å². The molecule has 2 aliphatic carbocycles. The third kappa shape index (κ3) is 8.73. The SMILES string of the molecule is O=CN(CCCCc1cc(Cl)c(COC2(c3cnccc3-c3ccccc3OC3CC3)CC2)cc1Cl)CCCCC(O)CO. The van der Waals surface area contributed by atoms with Gasteiger partial charge in [0.25, 0.3) is 0 Å². The predicted octanol–water partition coefficient (Wildman–Crippen LogP) is 7.11. The van der Waals surface area contributed by atoms with Gasteiger partial charge in [0.15, 0.2) is 0 Å². The lowest BCUT2D eigenvalue weighted by Crippen LogP contribution is -2.24. The summed E-state index contributed by atoms with van der Waals surface area (Å²) < 4.78 is 12.8. The third-order valence-electron chi connectivity index (χ3n) is 8.46. The maximum Gasteiger partial charge on any atom is 0.209 e. The first kappa shape index (κ1) is 32.7. The molecule has 2 N–H and O–H groups in total. The molecule has 0 radical (unpaired) electrons. The van der Waals surface area contributed by atoms with E-state index in [4.69, 9.17) is 37.8 Å². The van der Waals surface area contributed by atoms with Gasteiger partial charge in [-0.15, -0.1) is 0 Å². The molecule has 0 aliphatic heterocycles. The first-order chi connectivity index (χ1) is 21.4. The fraction of sp³-hybridized carbons (Fsp3) is 0.486. The number of aliphatic hydroxyl groups excluding tert-OH is 2. The summed E-state index contributed by atoms with van der Waals surface area (Å²) in [6, 6.07) is 14.1. The van der Waals surface area contributed by atoms with Crippen molar-refractivity contribution in [2.45, 2.75) is 88.6 Å². The molecule has 3 aromatic rings. The number of aliphatic hydroxyl groups is 2. The standard InChI is InChI=1S/C35H42Cl2N2O5/c36-32-20-26(33(37)19-25(32)7-3-5-17-39(24-41)18-6-4-8-27(42)22-40)23-43-35(14-15-35)31-21-38-16-13-29(31)30-9-1-2-10-34(30)44-28-11-12-28/h1-2,9-10,13,16,19-21,24,27-28,40,42H,3-8,11-12,14-15,17-18,22-23H2. The van der Waals surface area contributed by atoms with Crippen LogP contribution in [-0.4, -0.2) is 58.4 Å². The van der Waals surface area contributed by atoms with E-state index in [2.05, 4.69) is 11.1 Å². The number of carbonyl (C=O) groups excluding carboxylic acids is 1. The molecule has 9 heteroatoms. The number of halogens is 2. The number of benzene rings is 2. The summed E-state index contributed by atoms with van der Waals surface area (Å²) in [5, 5.41) is 19.7. The fourth-order valence-corrected chi connectivity index (χ4v) is 6.06. The highest BCUT2D eigenvalue weighted by Gasteiger charge is 2.47. The zero-order valence-electron chi connectivity index (χ0n) is 25.1. The van der Waals surface area contributed by atoms with Crippen LogP contribution in [0.2, 0.25) is 10.0 Å². The lowest BCUT2D eigenvalue weighted by molar-refractivity contribution is -0.118. The van der Waals surface area contributed by atoms with Crippen molar-refractivity contribution in [1.29, 1.82) is 0 Å². The fourth-order valence-electron chi connectivity index (χ4n) is 5.54. The Morgan fingerprint density at radius 1 is 1.00 bits per heavy atom. The number of ether oxygens (including phenoxy) is 2. The van der Waals surface area contributed by atoms with Crippen molar-refractivity contribution in [3.63, 3.8) is 0 Å². The Kier molecular flexibility index (Phi) is 11.6. The highest BCUT2D eigenvalue weighted by Crippen LogP contribution is 2.53. The number of amides is 1. The Balaban J connectivity index is 1.15. The molecule has 2 fully saturated rings. The smallest absolute Gasteiger partial charge is 0.209 e. The van der Waals surface area contributed by atoms with Crippen molar-refractivity contribution in [3.8, 4) is 16.9 Å². The molecule has 0 saturated heterocycles. The number of rotatable bonds is 19. The largest absolute Gasteiger partial charge is 0.490 e. The molecular formula is C35H42Cl2N2O5. The molecule has 1 amide bonds. The van der Waals surface area contributed by atoms with E-state index >= 15 is 0 Å². The summed E-state index contributed by atoms with van der Waals surface area (Å²) in [5.41, 5.74) is 4.63. The molecule has 5 rings (SSSR count). The number of unbranched alkanes of at least 4 members (excludes halogenated alkanes) is 2. The van der Waals surface area contributed by atoms with Crippen LogP contribution in [0, 0.1) is 0 Å². The maximum atomic E-state index is 11.4. The average Bonchev–Trinajstić information content (AvgIpc) is 3.98. The van der Waals surface area contributed by atoms with E-state index in [-0.39, 0.29) is 6.61 Å². The van der Waals surface area contributed by atoms with Gasteiger partial charge in [-0.25, -0.2) is 0 Å². The molecule has 7 nitrogen and oxygen atoms in total. The van der Waals surface area contributed by atoms with E-state index in [1.807, 2.05) is 48.8 Å². The van der Waals surface area contributed by atoms with Crippen molar-refractivity contribution in [3.05, 3.63) is 81.6 Å². The van der Waals surface area contributed by atoms with Crippen LogP contribution in [0.4, 0.5) is 0 Å². The summed E-state index contributed by atoms with van der Waals surface area (Å²) in [6.07, 6.45) is 12.9. The van der Waals surface area contributed by atoms with Gasteiger partial charge in [0.05, 0.1) is 31.0 Å².